The van der Waals surface area contributed by atoms with Crippen molar-refractivity contribution in [1.82, 2.24) is 4.90 Å². The SMILES string of the molecule is CN1C(=O)C(c2ccc(Cl)cc2)N(C(C(=O)O)c2ccc(Cl)cc2)C(=O)c2cc(I)ccc21. The summed E-state index contributed by atoms with van der Waals surface area (Å²) < 4.78 is 0.781. The summed E-state index contributed by atoms with van der Waals surface area (Å²) in [6, 6.07) is 15.2. The molecule has 0 saturated heterocycles. The summed E-state index contributed by atoms with van der Waals surface area (Å²) in [7, 11) is 1.58. The standard InChI is InChI=1S/C24H17Cl2IN2O4/c1-28-19-11-10-17(27)12-18(19)22(30)29(20(23(28)31)13-2-6-15(25)7-3-13)21(24(32)33)14-4-8-16(26)9-5-14/h2-12,20-21H,1H3,(H,32,33). The van der Waals surface area contributed by atoms with Crippen molar-refractivity contribution < 1.29 is 19.5 Å². The van der Waals surface area contributed by atoms with Gasteiger partial charge >= 0.3 is 5.97 Å². The minimum Gasteiger partial charge on any atom is -0.479 e. The Morgan fingerprint density at radius 1 is 0.970 bits per heavy atom. The highest BCUT2D eigenvalue weighted by Gasteiger charge is 2.45. The number of carbonyl (C=O) groups excluding carboxylic acids is 2. The fourth-order valence-corrected chi connectivity index (χ4v) is 4.67. The Kier molecular flexibility index (Phi) is 6.65. The van der Waals surface area contributed by atoms with Crippen molar-refractivity contribution in [2.24, 2.45) is 0 Å². The van der Waals surface area contributed by atoms with E-state index < -0.39 is 29.9 Å². The Balaban J connectivity index is 1.99. The highest BCUT2D eigenvalue weighted by atomic mass is 127. The van der Waals surface area contributed by atoms with Gasteiger partial charge in [0.2, 0.25) is 0 Å². The first-order valence-corrected chi connectivity index (χ1v) is 11.7. The number of halogens is 3. The van der Waals surface area contributed by atoms with Crippen LogP contribution in [0.3, 0.4) is 0 Å². The van der Waals surface area contributed by atoms with Gasteiger partial charge in [-0.2, -0.15) is 0 Å². The van der Waals surface area contributed by atoms with E-state index in [1.54, 1.807) is 73.8 Å². The largest absolute Gasteiger partial charge is 0.479 e. The number of hydrogen-bond donors (Lipinski definition) is 1. The molecular weight excluding hydrogens is 578 g/mol. The normalized spacial score (nSPS) is 16.9. The summed E-state index contributed by atoms with van der Waals surface area (Å²) in [5.41, 5.74) is 1.43. The second kappa shape index (κ2) is 9.32. The number of rotatable bonds is 4. The van der Waals surface area contributed by atoms with E-state index in [2.05, 4.69) is 22.6 Å². The maximum atomic E-state index is 13.9. The second-order valence-corrected chi connectivity index (χ2v) is 9.64. The van der Waals surface area contributed by atoms with Crippen molar-refractivity contribution in [3.8, 4) is 0 Å². The first kappa shape index (κ1) is 23.5. The van der Waals surface area contributed by atoms with Crippen LogP contribution in [0.4, 0.5) is 5.69 Å². The first-order valence-electron chi connectivity index (χ1n) is 9.82. The number of aliphatic carboxylic acids is 1. The molecule has 33 heavy (non-hydrogen) atoms. The van der Waals surface area contributed by atoms with Gasteiger partial charge in [0.25, 0.3) is 11.8 Å². The van der Waals surface area contributed by atoms with Crippen LogP contribution >= 0.6 is 45.8 Å². The van der Waals surface area contributed by atoms with Gasteiger partial charge in [-0.1, -0.05) is 47.5 Å². The van der Waals surface area contributed by atoms with E-state index in [1.165, 1.54) is 4.90 Å². The molecule has 0 bridgehead atoms. The average molecular weight is 595 g/mol. The predicted molar refractivity (Wildman–Crippen MR) is 135 cm³/mol. The van der Waals surface area contributed by atoms with E-state index in [9.17, 15) is 19.5 Å². The Labute approximate surface area is 213 Å². The summed E-state index contributed by atoms with van der Waals surface area (Å²) in [4.78, 5) is 42.8. The molecule has 1 aliphatic heterocycles. The molecule has 3 aromatic rings. The van der Waals surface area contributed by atoms with Gasteiger partial charge in [0, 0.05) is 20.7 Å². The maximum absolute atomic E-state index is 13.9. The van der Waals surface area contributed by atoms with Crippen LogP contribution in [0.5, 0.6) is 0 Å². The zero-order valence-electron chi connectivity index (χ0n) is 17.2. The van der Waals surface area contributed by atoms with E-state index in [-0.39, 0.29) is 5.56 Å². The zero-order valence-corrected chi connectivity index (χ0v) is 20.9. The molecule has 9 heteroatoms. The van der Waals surface area contributed by atoms with Crippen LogP contribution in [0.25, 0.3) is 0 Å². The molecule has 3 aromatic carbocycles. The van der Waals surface area contributed by atoms with Gasteiger partial charge in [-0.3, -0.25) is 9.59 Å². The lowest BCUT2D eigenvalue weighted by Crippen LogP contribution is -2.45. The van der Waals surface area contributed by atoms with Gasteiger partial charge in [-0.25, -0.2) is 4.79 Å². The fraction of sp³-hybridized carbons (Fsp3) is 0.125. The highest BCUT2D eigenvalue weighted by molar-refractivity contribution is 14.1. The van der Waals surface area contributed by atoms with E-state index in [0.29, 0.717) is 26.9 Å². The van der Waals surface area contributed by atoms with E-state index in [0.717, 1.165) is 8.47 Å². The second-order valence-electron chi connectivity index (χ2n) is 7.52. The topological polar surface area (TPSA) is 77.9 Å². The van der Waals surface area contributed by atoms with E-state index in [4.69, 9.17) is 23.2 Å². The number of carboxylic acid groups (broad SMARTS) is 1. The molecule has 0 spiro atoms. The minimum atomic E-state index is -1.43. The van der Waals surface area contributed by atoms with Crippen LogP contribution in [0.15, 0.2) is 66.7 Å². The van der Waals surface area contributed by atoms with Crippen LogP contribution in [0.2, 0.25) is 10.0 Å². The molecule has 2 unspecified atom stereocenters. The number of carboxylic acids is 1. The number of likely N-dealkylation sites (N-methyl/N-ethyl adjacent to an activating group) is 1. The van der Waals surface area contributed by atoms with Crippen molar-refractivity contribution in [3.05, 3.63) is 97.0 Å². The van der Waals surface area contributed by atoms with Crippen LogP contribution in [0, 0.1) is 3.57 Å². The van der Waals surface area contributed by atoms with Gasteiger partial charge in [-0.15, -0.1) is 0 Å². The van der Waals surface area contributed by atoms with Crippen molar-refractivity contribution >= 4 is 69.3 Å². The van der Waals surface area contributed by atoms with Crippen molar-refractivity contribution in [2.75, 3.05) is 11.9 Å². The number of benzene rings is 3. The van der Waals surface area contributed by atoms with Crippen LogP contribution in [-0.4, -0.2) is 34.8 Å². The Bertz CT molecular complexity index is 1250. The summed E-state index contributed by atoms with van der Waals surface area (Å²) >= 11 is 14.1. The van der Waals surface area contributed by atoms with Gasteiger partial charge in [0.05, 0.1) is 11.3 Å². The molecule has 1 N–H and O–H groups in total. The van der Waals surface area contributed by atoms with Gasteiger partial charge < -0.3 is 14.9 Å². The van der Waals surface area contributed by atoms with Crippen molar-refractivity contribution in [1.29, 1.82) is 0 Å². The monoisotopic (exact) mass is 594 g/mol. The molecule has 0 radical (unpaired) electrons. The Morgan fingerprint density at radius 3 is 2.12 bits per heavy atom. The van der Waals surface area contributed by atoms with Gasteiger partial charge in [0.15, 0.2) is 6.04 Å². The number of carbonyl (C=O) groups is 3. The average Bonchev–Trinajstić information content (AvgIpc) is 2.86. The number of fused-ring (bicyclic) bond motifs is 1. The van der Waals surface area contributed by atoms with Crippen LogP contribution in [0.1, 0.15) is 33.6 Å². The molecular formula is C24H17Cl2IN2O4. The molecule has 168 valence electrons. The third-order valence-electron chi connectivity index (χ3n) is 5.51. The quantitative estimate of drug-likeness (QED) is 0.400. The first-order chi connectivity index (χ1) is 15.7. The molecule has 1 heterocycles. The van der Waals surface area contributed by atoms with E-state index in [1.807, 2.05) is 0 Å². The number of nitrogens with zero attached hydrogens (tertiary/aromatic N) is 2. The third-order valence-corrected chi connectivity index (χ3v) is 6.69. The third kappa shape index (κ3) is 4.45. The van der Waals surface area contributed by atoms with Gasteiger partial charge in [-0.05, 0) is 76.2 Å². The Morgan fingerprint density at radius 2 is 1.55 bits per heavy atom. The summed E-state index contributed by atoms with van der Waals surface area (Å²) in [5, 5.41) is 11.1. The number of amides is 2. The lowest BCUT2D eigenvalue weighted by atomic mass is 9.97. The molecule has 0 aromatic heterocycles. The zero-order chi connectivity index (χ0) is 23.9. The Hall–Kier alpha value is -2.62. The summed E-state index contributed by atoms with van der Waals surface area (Å²) in [5.74, 6) is -2.27. The molecule has 0 aliphatic carbocycles. The van der Waals surface area contributed by atoms with Crippen molar-refractivity contribution in [3.63, 3.8) is 0 Å². The maximum Gasteiger partial charge on any atom is 0.331 e. The number of anilines is 1. The lowest BCUT2D eigenvalue weighted by Gasteiger charge is -2.35. The number of hydrogen-bond acceptors (Lipinski definition) is 3. The lowest BCUT2D eigenvalue weighted by molar-refractivity contribution is -0.144. The van der Waals surface area contributed by atoms with Crippen LogP contribution in [-0.2, 0) is 9.59 Å². The van der Waals surface area contributed by atoms with E-state index >= 15 is 0 Å². The highest BCUT2D eigenvalue weighted by Crippen LogP contribution is 2.40. The van der Waals surface area contributed by atoms with Crippen molar-refractivity contribution in [2.45, 2.75) is 12.1 Å². The summed E-state index contributed by atoms with van der Waals surface area (Å²) in [6.45, 7) is 0. The van der Waals surface area contributed by atoms with Gasteiger partial charge in [0.1, 0.15) is 6.04 Å². The molecule has 0 fully saturated rings. The minimum absolute atomic E-state index is 0.245. The van der Waals surface area contributed by atoms with Crippen LogP contribution < -0.4 is 4.90 Å². The molecule has 6 nitrogen and oxygen atoms in total. The predicted octanol–water partition coefficient (Wildman–Crippen LogP) is 5.58. The summed E-state index contributed by atoms with van der Waals surface area (Å²) in [6.07, 6.45) is 0. The molecule has 1 aliphatic rings. The smallest absolute Gasteiger partial charge is 0.331 e. The molecule has 2 atom stereocenters. The molecule has 2 amide bonds. The molecule has 4 rings (SSSR count). The molecule has 0 saturated carbocycles. The fourth-order valence-electron chi connectivity index (χ4n) is 3.93.